The molecule has 0 spiro atoms. The molecule has 80 valence electrons. The minimum atomic E-state index is 1.02. The second kappa shape index (κ2) is 4.07. The first-order valence-electron chi connectivity index (χ1n) is 5.43. The molecule has 0 atom stereocenters. The number of hydrogen-bond donors (Lipinski definition) is 1. The SMILES string of the molecule is C=Cc1c(/C=C\C)[nH]c2c1CCN(C)C2. The summed E-state index contributed by atoms with van der Waals surface area (Å²) in [6.45, 7) is 8.11. The van der Waals surface area contributed by atoms with E-state index in [1.165, 1.54) is 22.5 Å². The van der Waals surface area contributed by atoms with E-state index in [1.54, 1.807) is 0 Å². The molecule has 2 heteroatoms. The zero-order chi connectivity index (χ0) is 10.8. The highest BCUT2D eigenvalue weighted by Gasteiger charge is 2.19. The van der Waals surface area contributed by atoms with Crippen molar-refractivity contribution in [3.63, 3.8) is 0 Å². The summed E-state index contributed by atoms with van der Waals surface area (Å²) in [6, 6.07) is 0. The monoisotopic (exact) mass is 202 g/mol. The number of aromatic nitrogens is 1. The van der Waals surface area contributed by atoms with Crippen LogP contribution in [0.2, 0.25) is 0 Å². The highest BCUT2D eigenvalue weighted by molar-refractivity contribution is 5.66. The maximum atomic E-state index is 3.91. The average molecular weight is 202 g/mol. The third-order valence-electron chi connectivity index (χ3n) is 2.97. The average Bonchev–Trinajstić information content (AvgIpc) is 2.54. The molecule has 0 aromatic carbocycles. The van der Waals surface area contributed by atoms with E-state index in [0.29, 0.717) is 0 Å². The molecule has 1 N–H and O–H groups in total. The number of allylic oxidation sites excluding steroid dienone is 1. The van der Waals surface area contributed by atoms with Crippen molar-refractivity contribution in [1.29, 1.82) is 0 Å². The number of fused-ring (bicyclic) bond motifs is 1. The van der Waals surface area contributed by atoms with Gasteiger partial charge in [-0.1, -0.05) is 18.7 Å². The zero-order valence-electron chi connectivity index (χ0n) is 9.51. The molecule has 1 aromatic rings. The van der Waals surface area contributed by atoms with Crippen molar-refractivity contribution in [2.45, 2.75) is 19.9 Å². The molecular formula is C13H18N2. The van der Waals surface area contributed by atoms with Gasteiger partial charge in [-0.25, -0.2) is 0 Å². The molecule has 0 fully saturated rings. The highest BCUT2D eigenvalue weighted by Crippen LogP contribution is 2.26. The van der Waals surface area contributed by atoms with Crippen LogP contribution in [-0.4, -0.2) is 23.5 Å². The van der Waals surface area contributed by atoms with Gasteiger partial charge in [0.1, 0.15) is 0 Å². The van der Waals surface area contributed by atoms with E-state index in [-0.39, 0.29) is 0 Å². The molecule has 0 aliphatic carbocycles. The summed E-state index contributed by atoms with van der Waals surface area (Å²) in [6.07, 6.45) is 7.28. The Bertz CT molecular complexity index is 399. The van der Waals surface area contributed by atoms with Crippen LogP contribution >= 0.6 is 0 Å². The summed E-state index contributed by atoms with van der Waals surface area (Å²) in [7, 11) is 2.16. The predicted molar refractivity (Wildman–Crippen MR) is 65.6 cm³/mol. The first-order valence-corrected chi connectivity index (χ1v) is 5.43. The quantitative estimate of drug-likeness (QED) is 0.781. The van der Waals surface area contributed by atoms with Gasteiger partial charge >= 0.3 is 0 Å². The zero-order valence-corrected chi connectivity index (χ0v) is 9.51. The minimum absolute atomic E-state index is 1.02. The van der Waals surface area contributed by atoms with Gasteiger partial charge in [0.15, 0.2) is 0 Å². The van der Waals surface area contributed by atoms with Gasteiger partial charge in [-0.05, 0) is 32.0 Å². The smallest absolute Gasteiger partial charge is 0.0455 e. The van der Waals surface area contributed by atoms with Crippen molar-refractivity contribution in [1.82, 2.24) is 9.88 Å². The number of aromatic amines is 1. The van der Waals surface area contributed by atoms with Crippen molar-refractivity contribution in [3.8, 4) is 0 Å². The maximum absolute atomic E-state index is 3.91. The van der Waals surface area contributed by atoms with Crippen molar-refractivity contribution in [2.75, 3.05) is 13.6 Å². The number of hydrogen-bond acceptors (Lipinski definition) is 1. The first kappa shape index (κ1) is 10.2. The van der Waals surface area contributed by atoms with Crippen LogP contribution in [0, 0.1) is 0 Å². The lowest BCUT2D eigenvalue weighted by Crippen LogP contribution is -2.26. The van der Waals surface area contributed by atoms with Crippen molar-refractivity contribution in [2.24, 2.45) is 0 Å². The van der Waals surface area contributed by atoms with Crippen molar-refractivity contribution >= 4 is 12.2 Å². The molecule has 0 radical (unpaired) electrons. The van der Waals surface area contributed by atoms with Crippen molar-refractivity contribution in [3.05, 3.63) is 35.2 Å². The van der Waals surface area contributed by atoms with E-state index < -0.39 is 0 Å². The molecule has 2 nitrogen and oxygen atoms in total. The van der Waals surface area contributed by atoms with Gasteiger partial charge in [0.05, 0.1) is 0 Å². The fourth-order valence-electron chi connectivity index (χ4n) is 2.23. The molecule has 1 aliphatic rings. The molecule has 2 rings (SSSR count). The topological polar surface area (TPSA) is 19.0 Å². The molecule has 2 heterocycles. The minimum Gasteiger partial charge on any atom is -0.357 e. The standard InChI is InChI=1S/C13H18N2/c1-4-6-12-10(5-2)11-7-8-15(3)9-13(11)14-12/h4-6,14H,2,7-9H2,1,3H3/b6-4-. The summed E-state index contributed by atoms with van der Waals surface area (Å²) in [4.78, 5) is 5.82. The van der Waals surface area contributed by atoms with E-state index in [4.69, 9.17) is 0 Å². The van der Waals surface area contributed by atoms with Gasteiger partial charge in [0.2, 0.25) is 0 Å². The fraction of sp³-hybridized carbons (Fsp3) is 0.385. The Labute approximate surface area is 91.3 Å². The lowest BCUT2D eigenvalue weighted by molar-refractivity contribution is 0.309. The van der Waals surface area contributed by atoms with E-state index in [0.717, 1.165) is 19.5 Å². The number of H-pyrrole nitrogens is 1. The Kier molecular flexibility index (Phi) is 2.78. The van der Waals surface area contributed by atoms with Crippen LogP contribution in [0.4, 0.5) is 0 Å². The molecule has 1 aromatic heterocycles. The molecular weight excluding hydrogens is 184 g/mol. The highest BCUT2D eigenvalue weighted by atomic mass is 15.1. The molecule has 0 bridgehead atoms. The predicted octanol–water partition coefficient (Wildman–Crippen LogP) is 2.68. The van der Waals surface area contributed by atoms with Crippen molar-refractivity contribution < 1.29 is 0 Å². The summed E-state index contributed by atoms with van der Waals surface area (Å²) >= 11 is 0. The van der Waals surface area contributed by atoms with Gasteiger partial charge in [-0.2, -0.15) is 0 Å². The largest absolute Gasteiger partial charge is 0.357 e. The van der Waals surface area contributed by atoms with E-state index in [1.807, 2.05) is 13.0 Å². The third-order valence-corrected chi connectivity index (χ3v) is 2.97. The molecule has 1 aliphatic heterocycles. The van der Waals surface area contributed by atoms with Gasteiger partial charge in [-0.3, -0.25) is 0 Å². The Morgan fingerprint density at radius 1 is 1.47 bits per heavy atom. The third kappa shape index (κ3) is 1.77. The Hall–Kier alpha value is -1.28. The maximum Gasteiger partial charge on any atom is 0.0455 e. The second-order valence-corrected chi connectivity index (χ2v) is 4.10. The Balaban J connectivity index is 2.47. The Morgan fingerprint density at radius 3 is 2.93 bits per heavy atom. The molecule has 15 heavy (non-hydrogen) atoms. The normalized spacial score (nSPS) is 16.9. The lowest BCUT2D eigenvalue weighted by atomic mass is 10.0. The number of nitrogens with zero attached hydrogens (tertiary/aromatic N) is 1. The van der Waals surface area contributed by atoms with E-state index >= 15 is 0 Å². The van der Waals surface area contributed by atoms with Crippen LogP contribution in [-0.2, 0) is 13.0 Å². The van der Waals surface area contributed by atoms with Crippen LogP contribution < -0.4 is 0 Å². The second-order valence-electron chi connectivity index (χ2n) is 4.10. The summed E-state index contributed by atoms with van der Waals surface area (Å²) in [5.41, 5.74) is 5.30. The fourth-order valence-corrected chi connectivity index (χ4v) is 2.23. The molecule has 0 saturated carbocycles. The number of nitrogens with one attached hydrogen (secondary N) is 1. The molecule has 0 amide bonds. The Morgan fingerprint density at radius 2 is 2.27 bits per heavy atom. The number of rotatable bonds is 2. The van der Waals surface area contributed by atoms with Crippen LogP contribution in [0.3, 0.4) is 0 Å². The van der Waals surface area contributed by atoms with Gasteiger partial charge < -0.3 is 9.88 Å². The summed E-state index contributed by atoms with van der Waals surface area (Å²) < 4.78 is 0. The molecule has 0 saturated heterocycles. The summed E-state index contributed by atoms with van der Waals surface area (Å²) in [5.74, 6) is 0. The van der Waals surface area contributed by atoms with E-state index in [9.17, 15) is 0 Å². The van der Waals surface area contributed by atoms with Gasteiger partial charge in [0, 0.05) is 30.0 Å². The van der Waals surface area contributed by atoms with E-state index in [2.05, 4.69) is 35.7 Å². The van der Waals surface area contributed by atoms with Crippen LogP contribution in [0.5, 0.6) is 0 Å². The van der Waals surface area contributed by atoms with Gasteiger partial charge in [-0.15, -0.1) is 0 Å². The van der Waals surface area contributed by atoms with Crippen LogP contribution in [0.15, 0.2) is 12.7 Å². The van der Waals surface area contributed by atoms with Crippen LogP contribution in [0.1, 0.15) is 29.4 Å². The van der Waals surface area contributed by atoms with Crippen LogP contribution in [0.25, 0.3) is 12.2 Å². The molecule has 0 unspecified atom stereocenters. The summed E-state index contributed by atoms with van der Waals surface area (Å²) in [5, 5.41) is 0. The first-order chi connectivity index (χ1) is 7.26. The number of likely N-dealkylation sites (N-methyl/N-ethyl adjacent to an activating group) is 1. The van der Waals surface area contributed by atoms with Gasteiger partial charge in [0.25, 0.3) is 0 Å². The lowest BCUT2D eigenvalue weighted by Gasteiger charge is -2.22.